The van der Waals surface area contributed by atoms with E-state index >= 15 is 0 Å². The summed E-state index contributed by atoms with van der Waals surface area (Å²) in [5.41, 5.74) is 0. The Morgan fingerprint density at radius 3 is 1.78 bits per heavy atom. The first kappa shape index (κ1) is 30.3. The molecule has 0 aliphatic heterocycles. The summed E-state index contributed by atoms with van der Waals surface area (Å²) in [5, 5.41) is 66.4. The standard InChI is InChI=1S/C10H19NO8S2.2K/c12-2-4(9(18)19)11(10(20)21)1-5(14)7(16)8(17)6(15)3-13;;/h4-8,12-17H,1-3H2,(H,18,19)(H,20,21);;/q;2*+1/p-2. The van der Waals surface area contributed by atoms with Crippen molar-refractivity contribution in [3.05, 3.63) is 0 Å². The van der Waals surface area contributed by atoms with Gasteiger partial charge in [0.05, 0.1) is 31.3 Å². The van der Waals surface area contributed by atoms with E-state index in [0.717, 1.165) is 4.90 Å². The molecule has 13 heteroatoms. The van der Waals surface area contributed by atoms with Gasteiger partial charge < -0.3 is 70.3 Å². The van der Waals surface area contributed by atoms with E-state index in [1.807, 2.05) is 0 Å². The number of carbonyl (C=O) groups is 1. The summed E-state index contributed by atoms with van der Waals surface area (Å²) in [6.45, 7) is -2.38. The smallest absolute Gasteiger partial charge is 0.548 e. The Bertz CT molecular complexity index is 368. The molecule has 0 saturated heterocycles. The number of carbonyl (C=O) groups excluding carboxylic acids is 1. The molecule has 0 aromatic rings. The number of hydrogen-bond donors (Lipinski definition) is 6. The zero-order valence-electron chi connectivity index (χ0n) is 12.8. The maximum Gasteiger partial charge on any atom is 1.00 e. The number of aliphatic carboxylic acids is 1. The fraction of sp³-hybridized carbons (Fsp3) is 0.800. The topological polar surface area (TPSA) is 165 Å². The van der Waals surface area contributed by atoms with Gasteiger partial charge in [-0.25, -0.2) is 0 Å². The van der Waals surface area contributed by atoms with E-state index in [1.165, 1.54) is 0 Å². The van der Waals surface area contributed by atoms with Crippen LogP contribution in [-0.2, 0) is 17.4 Å². The number of aliphatic hydroxyl groups excluding tert-OH is 6. The average Bonchev–Trinajstić information content (AvgIpc) is 2.43. The summed E-state index contributed by atoms with van der Waals surface area (Å²) < 4.78 is -0.401. The van der Waals surface area contributed by atoms with Crippen LogP contribution in [0.4, 0.5) is 0 Å². The number of rotatable bonds is 9. The molecule has 0 amide bonds. The molecule has 124 valence electrons. The molecule has 0 aliphatic carbocycles. The average molecular weight is 422 g/mol. The predicted molar refractivity (Wildman–Crippen MR) is 73.7 cm³/mol. The fourth-order valence-electron chi connectivity index (χ4n) is 1.50. The zero-order chi connectivity index (χ0) is 16.7. The van der Waals surface area contributed by atoms with E-state index in [1.54, 1.807) is 0 Å². The summed E-state index contributed by atoms with van der Waals surface area (Å²) in [4.78, 5) is 11.6. The van der Waals surface area contributed by atoms with E-state index < -0.39 is 60.5 Å². The monoisotopic (exact) mass is 421 g/mol. The molecule has 0 heterocycles. The molecule has 5 unspecified atom stereocenters. The maximum atomic E-state index is 10.8. The van der Waals surface area contributed by atoms with Crippen molar-refractivity contribution in [3.8, 4) is 0 Å². The van der Waals surface area contributed by atoms with Gasteiger partial charge in [0.25, 0.3) is 0 Å². The molecule has 0 aromatic carbocycles. The first-order valence-electron chi connectivity index (χ1n) is 5.79. The van der Waals surface area contributed by atoms with Crippen molar-refractivity contribution < 1.29 is 143 Å². The van der Waals surface area contributed by atoms with Crippen LogP contribution >= 0.6 is 12.2 Å². The van der Waals surface area contributed by atoms with Crippen molar-refractivity contribution in [3.63, 3.8) is 0 Å². The molecule has 0 fully saturated rings. The molecule has 0 aromatic heterocycles. The molecule has 0 rings (SSSR count). The third-order valence-electron chi connectivity index (χ3n) is 2.76. The van der Waals surface area contributed by atoms with Crippen LogP contribution < -0.4 is 108 Å². The molecular formula is C10H17K2NO8S2. The fourth-order valence-corrected chi connectivity index (χ4v) is 1.91. The minimum absolute atomic E-state index is 0. The predicted octanol–water partition coefficient (Wildman–Crippen LogP) is -11.3. The number of hydrogen-bond acceptors (Lipinski definition) is 10. The second-order valence-electron chi connectivity index (χ2n) is 4.23. The minimum Gasteiger partial charge on any atom is -0.548 e. The van der Waals surface area contributed by atoms with Crippen molar-refractivity contribution in [2.24, 2.45) is 0 Å². The Morgan fingerprint density at radius 2 is 1.48 bits per heavy atom. The Kier molecular flexibility index (Phi) is 20.6. The number of thiocarbonyl (C=S) groups is 1. The van der Waals surface area contributed by atoms with Crippen molar-refractivity contribution in [2.75, 3.05) is 19.8 Å². The van der Waals surface area contributed by atoms with Crippen LogP contribution in [-0.4, -0.2) is 96.0 Å². The normalized spacial score (nSPS) is 16.8. The summed E-state index contributed by atoms with van der Waals surface area (Å²) in [7, 11) is 0. The van der Waals surface area contributed by atoms with E-state index in [9.17, 15) is 25.2 Å². The van der Waals surface area contributed by atoms with Gasteiger partial charge in [0, 0.05) is 6.54 Å². The Balaban J connectivity index is -0.00000200. The van der Waals surface area contributed by atoms with Gasteiger partial charge in [-0.15, -0.1) is 0 Å². The van der Waals surface area contributed by atoms with Crippen LogP contribution in [0.25, 0.3) is 0 Å². The van der Waals surface area contributed by atoms with Gasteiger partial charge in [-0.05, 0) is 0 Å². The van der Waals surface area contributed by atoms with Gasteiger partial charge in [-0.3, -0.25) is 0 Å². The van der Waals surface area contributed by atoms with Crippen LogP contribution in [0.2, 0.25) is 0 Å². The van der Waals surface area contributed by atoms with Gasteiger partial charge in [0.15, 0.2) is 0 Å². The van der Waals surface area contributed by atoms with Crippen LogP contribution in [0.15, 0.2) is 0 Å². The Morgan fingerprint density at radius 1 is 1.04 bits per heavy atom. The molecule has 0 spiro atoms. The van der Waals surface area contributed by atoms with E-state index in [2.05, 4.69) is 24.8 Å². The SMILES string of the molecule is O=C([O-])C(CO)N(CC(O)C(O)C(O)C(O)CO)C(=S)[S-].[K+].[K+]. The maximum absolute atomic E-state index is 10.8. The van der Waals surface area contributed by atoms with Gasteiger partial charge in [-0.1, -0.05) is 4.32 Å². The molecular weight excluding hydrogens is 404 g/mol. The molecule has 0 bridgehead atoms. The van der Waals surface area contributed by atoms with Crippen molar-refractivity contribution in [1.82, 2.24) is 4.90 Å². The molecule has 5 atom stereocenters. The van der Waals surface area contributed by atoms with E-state index in [-0.39, 0.29) is 103 Å². The first-order valence-corrected chi connectivity index (χ1v) is 6.61. The number of nitrogens with zero attached hydrogens (tertiary/aromatic N) is 1. The largest absolute Gasteiger partial charge is 1.00 e. The molecule has 0 aliphatic rings. The molecule has 0 radical (unpaired) electrons. The Hall–Kier alpha value is 2.61. The number of aliphatic hydroxyl groups is 6. The van der Waals surface area contributed by atoms with Gasteiger partial charge in [-0.2, -0.15) is 0 Å². The third-order valence-corrected chi connectivity index (χ3v) is 3.23. The van der Waals surface area contributed by atoms with Gasteiger partial charge in [0.1, 0.15) is 18.3 Å². The van der Waals surface area contributed by atoms with E-state index in [0.29, 0.717) is 0 Å². The molecule has 23 heavy (non-hydrogen) atoms. The number of carboxylic acids is 1. The van der Waals surface area contributed by atoms with Gasteiger partial charge >= 0.3 is 103 Å². The summed E-state index contributed by atoms with van der Waals surface area (Å²) in [6.07, 6.45) is -7.23. The van der Waals surface area contributed by atoms with Crippen LogP contribution in [0.3, 0.4) is 0 Å². The second-order valence-corrected chi connectivity index (χ2v) is 5.27. The first-order chi connectivity index (χ1) is 9.67. The van der Waals surface area contributed by atoms with Gasteiger partial charge in [0.2, 0.25) is 0 Å². The Labute approximate surface area is 229 Å². The van der Waals surface area contributed by atoms with Crippen LogP contribution in [0.5, 0.6) is 0 Å². The number of carboxylic acid groups (broad SMARTS) is 1. The summed E-state index contributed by atoms with van der Waals surface area (Å²) >= 11 is 9.24. The summed E-state index contributed by atoms with van der Waals surface area (Å²) in [5.74, 6) is -1.69. The summed E-state index contributed by atoms with van der Waals surface area (Å²) in [6, 6.07) is -1.63. The van der Waals surface area contributed by atoms with E-state index in [4.69, 9.17) is 15.3 Å². The van der Waals surface area contributed by atoms with Crippen LogP contribution in [0, 0.1) is 0 Å². The zero-order valence-corrected chi connectivity index (χ0v) is 20.7. The molecule has 0 saturated carbocycles. The van der Waals surface area contributed by atoms with Crippen molar-refractivity contribution in [2.45, 2.75) is 30.5 Å². The molecule has 9 nitrogen and oxygen atoms in total. The van der Waals surface area contributed by atoms with Crippen molar-refractivity contribution in [1.29, 1.82) is 0 Å². The molecule has 6 N–H and O–H groups in total. The quantitative estimate of drug-likeness (QED) is 0.119. The minimum atomic E-state index is -1.90. The van der Waals surface area contributed by atoms with Crippen molar-refractivity contribution >= 4 is 35.1 Å². The van der Waals surface area contributed by atoms with Crippen LogP contribution in [0.1, 0.15) is 0 Å². The third kappa shape index (κ3) is 10.5. The second kappa shape index (κ2) is 15.6.